The Morgan fingerprint density at radius 1 is 1.50 bits per heavy atom. The Labute approximate surface area is 107 Å². The maximum Gasteiger partial charge on any atom is 0.254 e. The molecule has 6 heteroatoms. The van der Waals surface area contributed by atoms with Crippen molar-refractivity contribution in [2.24, 2.45) is 5.14 Å². The summed E-state index contributed by atoms with van der Waals surface area (Å²) in [6.45, 7) is 2.41. The molecule has 1 rings (SSSR count). The number of nitrogens with two attached hydrogens (primary N) is 1. The Bertz CT molecular complexity index is 588. The van der Waals surface area contributed by atoms with Crippen LogP contribution in [0.15, 0.2) is 29.2 Å². The molecule has 0 heterocycles. The number of rotatable bonds is 4. The van der Waals surface area contributed by atoms with E-state index in [-0.39, 0.29) is 22.9 Å². The minimum absolute atomic E-state index is 0.0925. The molecule has 0 aliphatic rings. The molecule has 0 radical (unpaired) electrons. The van der Waals surface area contributed by atoms with Crippen molar-refractivity contribution in [3.8, 4) is 12.3 Å². The number of hydrogen-bond donors (Lipinski definition) is 1. The number of carbonyl (C=O) groups is 1. The summed E-state index contributed by atoms with van der Waals surface area (Å²) in [6.07, 6.45) is 5.16. The van der Waals surface area contributed by atoms with E-state index >= 15 is 0 Å². The zero-order chi connectivity index (χ0) is 13.8. The summed E-state index contributed by atoms with van der Waals surface area (Å²) in [5.41, 5.74) is 0.249. The van der Waals surface area contributed by atoms with Gasteiger partial charge in [0.1, 0.15) is 0 Å². The van der Waals surface area contributed by atoms with Crippen LogP contribution in [0.3, 0.4) is 0 Å². The molecule has 2 N–H and O–H groups in total. The van der Waals surface area contributed by atoms with Gasteiger partial charge in [0.25, 0.3) is 5.91 Å². The van der Waals surface area contributed by atoms with Crippen LogP contribution in [-0.2, 0) is 10.0 Å². The maximum absolute atomic E-state index is 12.0. The van der Waals surface area contributed by atoms with E-state index in [1.807, 2.05) is 0 Å². The van der Waals surface area contributed by atoms with Gasteiger partial charge in [0.2, 0.25) is 10.0 Å². The SMILES string of the molecule is C#CCN(CC)C(=O)c1cccc(S(N)(=O)=O)c1. The second kappa shape index (κ2) is 5.67. The number of terminal acetylenes is 1. The highest BCUT2D eigenvalue weighted by atomic mass is 32.2. The maximum atomic E-state index is 12.0. The number of hydrogen-bond acceptors (Lipinski definition) is 3. The fourth-order valence-corrected chi connectivity index (χ4v) is 1.99. The highest BCUT2D eigenvalue weighted by Crippen LogP contribution is 2.11. The molecular weight excluding hydrogens is 252 g/mol. The highest BCUT2D eigenvalue weighted by Gasteiger charge is 2.16. The molecule has 0 spiro atoms. The molecule has 0 saturated carbocycles. The van der Waals surface area contributed by atoms with Gasteiger partial charge in [0.15, 0.2) is 0 Å². The van der Waals surface area contributed by atoms with Crippen LogP contribution in [-0.4, -0.2) is 32.3 Å². The van der Waals surface area contributed by atoms with E-state index in [4.69, 9.17) is 11.6 Å². The van der Waals surface area contributed by atoms with Crippen LogP contribution in [0.4, 0.5) is 0 Å². The number of carbonyl (C=O) groups excluding carboxylic acids is 1. The van der Waals surface area contributed by atoms with Gasteiger partial charge in [-0.05, 0) is 25.1 Å². The summed E-state index contributed by atoms with van der Waals surface area (Å²) in [5, 5.41) is 5.01. The summed E-state index contributed by atoms with van der Waals surface area (Å²) < 4.78 is 22.4. The normalized spacial score (nSPS) is 10.7. The highest BCUT2D eigenvalue weighted by molar-refractivity contribution is 7.89. The lowest BCUT2D eigenvalue weighted by atomic mass is 10.2. The summed E-state index contributed by atoms with van der Waals surface area (Å²) >= 11 is 0. The fourth-order valence-electron chi connectivity index (χ4n) is 1.43. The van der Waals surface area contributed by atoms with Gasteiger partial charge in [-0.15, -0.1) is 6.42 Å². The smallest absolute Gasteiger partial charge is 0.254 e. The van der Waals surface area contributed by atoms with E-state index in [0.29, 0.717) is 6.54 Å². The lowest BCUT2D eigenvalue weighted by molar-refractivity contribution is 0.0784. The van der Waals surface area contributed by atoms with Gasteiger partial charge in [-0.25, -0.2) is 13.6 Å². The predicted octanol–water partition coefficient (Wildman–Crippen LogP) is 0.429. The molecule has 0 aromatic heterocycles. The minimum Gasteiger partial charge on any atom is -0.328 e. The van der Waals surface area contributed by atoms with Crippen molar-refractivity contribution in [3.05, 3.63) is 29.8 Å². The quantitative estimate of drug-likeness (QED) is 0.802. The second-order valence-electron chi connectivity index (χ2n) is 3.60. The van der Waals surface area contributed by atoms with Crippen molar-refractivity contribution >= 4 is 15.9 Å². The van der Waals surface area contributed by atoms with Crippen molar-refractivity contribution in [3.63, 3.8) is 0 Å². The summed E-state index contributed by atoms with van der Waals surface area (Å²) in [4.78, 5) is 13.4. The number of sulfonamides is 1. The largest absolute Gasteiger partial charge is 0.328 e. The Balaban J connectivity index is 3.11. The molecule has 1 aromatic rings. The Morgan fingerprint density at radius 3 is 2.67 bits per heavy atom. The van der Waals surface area contributed by atoms with Gasteiger partial charge >= 0.3 is 0 Å². The molecule has 0 atom stereocenters. The molecule has 1 aromatic carbocycles. The Morgan fingerprint density at radius 2 is 2.17 bits per heavy atom. The number of primary sulfonamides is 1. The molecule has 0 aliphatic heterocycles. The van der Waals surface area contributed by atoms with Gasteiger partial charge in [0.05, 0.1) is 11.4 Å². The van der Waals surface area contributed by atoms with E-state index < -0.39 is 10.0 Å². The van der Waals surface area contributed by atoms with Crippen LogP contribution < -0.4 is 5.14 Å². The topological polar surface area (TPSA) is 80.5 Å². The monoisotopic (exact) mass is 266 g/mol. The van der Waals surface area contributed by atoms with Crippen LogP contribution in [0, 0.1) is 12.3 Å². The first-order chi connectivity index (χ1) is 8.40. The molecule has 1 amide bonds. The molecule has 0 saturated heterocycles. The zero-order valence-electron chi connectivity index (χ0n) is 9.96. The molecule has 0 bridgehead atoms. The zero-order valence-corrected chi connectivity index (χ0v) is 10.8. The first kappa shape index (κ1) is 14.2. The number of benzene rings is 1. The third-order valence-electron chi connectivity index (χ3n) is 2.36. The van der Waals surface area contributed by atoms with Crippen LogP contribution in [0.1, 0.15) is 17.3 Å². The molecule has 96 valence electrons. The molecule has 5 nitrogen and oxygen atoms in total. The van der Waals surface area contributed by atoms with Gasteiger partial charge < -0.3 is 4.90 Å². The van der Waals surface area contributed by atoms with Crippen molar-refractivity contribution in [2.45, 2.75) is 11.8 Å². The standard InChI is InChI=1S/C12H14N2O3S/c1-3-8-14(4-2)12(15)10-6-5-7-11(9-10)18(13,16)17/h1,5-7,9H,4,8H2,2H3,(H2,13,16,17). The average Bonchev–Trinajstić information content (AvgIpc) is 2.34. The summed E-state index contributed by atoms with van der Waals surface area (Å²) in [5.74, 6) is 2.06. The lowest BCUT2D eigenvalue weighted by Gasteiger charge is -2.18. The average molecular weight is 266 g/mol. The van der Waals surface area contributed by atoms with Gasteiger partial charge in [0, 0.05) is 12.1 Å². The van der Waals surface area contributed by atoms with Crippen molar-refractivity contribution in [2.75, 3.05) is 13.1 Å². The summed E-state index contributed by atoms with van der Waals surface area (Å²) in [6, 6.07) is 5.58. The predicted molar refractivity (Wildman–Crippen MR) is 68.2 cm³/mol. The number of amides is 1. The first-order valence-electron chi connectivity index (χ1n) is 5.25. The molecule has 0 unspecified atom stereocenters. The van der Waals surface area contributed by atoms with Crippen molar-refractivity contribution < 1.29 is 13.2 Å². The van der Waals surface area contributed by atoms with E-state index in [9.17, 15) is 13.2 Å². The molecular formula is C12H14N2O3S. The van der Waals surface area contributed by atoms with Crippen LogP contribution in [0.5, 0.6) is 0 Å². The Hall–Kier alpha value is -1.84. The summed E-state index contributed by atoms with van der Waals surface area (Å²) in [7, 11) is -3.81. The van der Waals surface area contributed by atoms with E-state index in [0.717, 1.165) is 0 Å². The lowest BCUT2D eigenvalue weighted by Crippen LogP contribution is -2.31. The molecule has 0 aliphatic carbocycles. The molecule has 18 heavy (non-hydrogen) atoms. The van der Waals surface area contributed by atoms with E-state index in [1.165, 1.54) is 29.2 Å². The van der Waals surface area contributed by atoms with Gasteiger partial charge in [-0.1, -0.05) is 12.0 Å². The van der Waals surface area contributed by atoms with Crippen LogP contribution in [0.2, 0.25) is 0 Å². The minimum atomic E-state index is -3.81. The Kier molecular flexibility index (Phi) is 4.48. The fraction of sp³-hybridized carbons (Fsp3) is 0.250. The first-order valence-corrected chi connectivity index (χ1v) is 6.80. The van der Waals surface area contributed by atoms with E-state index in [2.05, 4.69) is 5.92 Å². The van der Waals surface area contributed by atoms with Gasteiger partial charge in [-0.2, -0.15) is 0 Å². The van der Waals surface area contributed by atoms with E-state index in [1.54, 1.807) is 6.92 Å². The van der Waals surface area contributed by atoms with Crippen LogP contribution in [0.25, 0.3) is 0 Å². The van der Waals surface area contributed by atoms with Gasteiger partial charge in [-0.3, -0.25) is 4.79 Å². The molecule has 0 fully saturated rings. The van der Waals surface area contributed by atoms with Crippen molar-refractivity contribution in [1.29, 1.82) is 0 Å². The third-order valence-corrected chi connectivity index (χ3v) is 3.27. The second-order valence-corrected chi connectivity index (χ2v) is 5.16. The third kappa shape index (κ3) is 3.32. The van der Waals surface area contributed by atoms with Crippen molar-refractivity contribution in [1.82, 2.24) is 4.90 Å². The number of nitrogens with zero attached hydrogens (tertiary/aromatic N) is 1. The van der Waals surface area contributed by atoms with Crippen LogP contribution >= 0.6 is 0 Å².